The Kier molecular flexibility index (Phi) is 3.84. The molecule has 0 unspecified atom stereocenters. The number of nitrogens with zero attached hydrogens (tertiary/aromatic N) is 3. The number of aromatic nitrogens is 3. The predicted octanol–water partition coefficient (Wildman–Crippen LogP) is 1.92. The van der Waals surface area contributed by atoms with Gasteiger partial charge < -0.3 is 10.1 Å². The molecule has 0 spiro atoms. The van der Waals surface area contributed by atoms with Gasteiger partial charge in [-0.15, -0.1) is 16.4 Å². The summed E-state index contributed by atoms with van der Waals surface area (Å²) in [5, 5.41) is 12.3. The van der Waals surface area contributed by atoms with Crippen LogP contribution in [0, 0.1) is 0 Å². The maximum atomic E-state index is 12.1. The maximum absolute atomic E-state index is 12.1. The average molecular weight is 316 g/mol. The molecule has 2 aromatic heterocycles. The Morgan fingerprint density at radius 2 is 2.14 bits per heavy atom. The number of ether oxygens (including phenoxy) is 1. The molecule has 2 heterocycles. The lowest BCUT2D eigenvalue weighted by atomic mass is 10.3. The summed E-state index contributed by atoms with van der Waals surface area (Å²) in [5.74, 6) is -0.768. The first kappa shape index (κ1) is 14.2. The summed E-state index contributed by atoms with van der Waals surface area (Å²) >= 11 is 1.21. The molecule has 22 heavy (non-hydrogen) atoms. The molecular weight excluding hydrogens is 304 g/mol. The molecule has 0 aliphatic carbocycles. The van der Waals surface area contributed by atoms with Crippen LogP contribution >= 0.6 is 11.3 Å². The van der Waals surface area contributed by atoms with Gasteiger partial charge in [0.05, 0.1) is 18.3 Å². The number of amides is 1. The summed E-state index contributed by atoms with van der Waals surface area (Å²) in [6.07, 6.45) is 0. The van der Waals surface area contributed by atoms with E-state index in [0.29, 0.717) is 10.6 Å². The summed E-state index contributed by atoms with van der Waals surface area (Å²) in [6, 6.07) is 9.04. The fourth-order valence-corrected chi connectivity index (χ4v) is 2.78. The molecule has 112 valence electrons. The summed E-state index contributed by atoms with van der Waals surface area (Å²) in [6.45, 7) is 0.0109. The molecule has 1 aromatic carbocycles. The van der Waals surface area contributed by atoms with Crippen molar-refractivity contribution in [1.29, 1.82) is 0 Å². The van der Waals surface area contributed by atoms with Gasteiger partial charge in [0.2, 0.25) is 5.91 Å². The molecule has 3 aromatic rings. The Morgan fingerprint density at radius 3 is 2.95 bits per heavy atom. The number of esters is 1. The number of rotatable bonds is 4. The van der Waals surface area contributed by atoms with Crippen molar-refractivity contribution in [3.05, 3.63) is 40.6 Å². The third kappa shape index (κ3) is 2.68. The highest BCUT2D eigenvalue weighted by Gasteiger charge is 2.16. The van der Waals surface area contributed by atoms with E-state index in [1.807, 2.05) is 24.3 Å². The van der Waals surface area contributed by atoms with Crippen LogP contribution in [0.5, 0.6) is 0 Å². The van der Waals surface area contributed by atoms with Gasteiger partial charge in [-0.05, 0) is 23.6 Å². The van der Waals surface area contributed by atoms with E-state index in [1.165, 1.54) is 23.1 Å². The molecule has 1 N–H and O–H groups in total. The monoisotopic (exact) mass is 316 g/mol. The predicted molar refractivity (Wildman–Crippen MR) is 81.8 cm³/mol. The molecule has 3 rings (SSSR count). The highest BCUT2D eigenvalue weighted by atomic mass is 32.1. The van der Waals surface area contributed by atoms with Crippen molar-refractivity contribution in [2.75, 3.05) is 12.4 Å². The number of benzene rings is 1. The molecule has 8 heteroatoms. The summed E-state index contributed by atoms with van der Waals surface area (Å²) in [5.41, 5.74) is 1.93. The number of carbonyl (C=O) groups is 2. The molecule has 0 bridgehead atoms. The molecule has 7 nitrogen and oxygen atoms in total. The number of anilines is 1. The fraction of sp³-hybridized carbons (Fsp3) is 0.143. The Labute approximate surface area is 129 Å². The summed E-state index contributed by atoms with van der Waals surface area (Å²) in [4.78, 5) is 24.1. The van der Waals surface area contributed by atoms with Crippen molar-refractivity contribution in [2.24, 2.45) is 0 Å². The Bertz CT molecular complexity index is 839. The molecule has 0 aliphatic heterocycles. The van der Waals surface area contributed by atoms with Crippen LogP contribution in [0.15, 0.2) is 35.7 Å². The summed E-state index contributed by atoms with van der Waals surface area (Å²) in [7, 11) is 1.30. The molecule has 0 radical (unpaired) electrons. The molecule has 0 fully saturated rings. The minimum Gasteiger partial charge on any atom is -0.465 e. The van der Waals surface area contributed by atoms with Crippen molar-refractivity contribution in [1.82, 2.24) is 15.0 Å². The van der Waals surface area contributed by atoms with Crippen LogP contribution in [0.2, 0.25) is 0 Å². The SMILES string of the molecule is COC(=O)c1sccc1NC(=O)Cn1nnc2ccccc21. The maximum Gasteiger partial charge on any atom is 0.350 e. The van der Waals surface area contributed by atoms with Crippen molar-refractivity contribution < 1.29 is 14.3 Å². The second-order valence-corrected chi connectivity index (χ2v) is 5.36. The Balaban J connectivity index is 1.76. The molecule has 1 amide bonds. The minimum absolute atomic E-state index is 0.0109. The topological polar surface area (TPSA) is 86.1 Å². The van der Waals surface area contributed by atoms with Crippen LogP contribution in [-0.4, -0.2) is 34.0 Å². The van der Waals surface area contributed by atoms with Crippen LogP contribution < -0.4 is 5.32 Å². The highest BCUT2D eigenvalue weighted by Crippen LogP contribution is 2.23. The van der Waals surface area contributed by atoms with E-state index in [0.717, 1.165) is 11.0 Å². The number of nitrogens with one attached hydrogen (secondary N) is 1. The van der Waals surface area contributed by atoms with E-state index in [9.17, 15) is 9.59 Å². The minimum atomic E-state index is -0.475. The van der Waals surface area contributed by atoms with Crippen LogP contribution in [0.25, 0.3) is 11.0 Å². The van der Waals surface area contributed by atoms with Crippen LogP contribution in [0.1, 0.15) is 9.67 Å². The second-order valence-electron chi connectivity index (χ2n) is 4.44. The van der Waals surface area contributed by atoms with Crippen LogP contribution in [0.3, 0.4) is 0 Å². The first-order valence-electron chi connectivity index (χ1n) is 6.43. The van der Waals surface area contributed by atoms with E-state index in [2.05, 4.69) is 20.4 Å². The lowest BCUT2D eigenvalue weighted by Gasteiger charge is -2.06. The largest absolute Gasteiger partial charge is 0.465 e. The van der Waals surface area contributed by atoms with Gasteiger partial charge in [-0.25, -0.2) is 9.48 Å². The van der Waals surface area contributed by atoms with Gasteiger partial charge in [0.25, 0.3) is 0 Å². The molecule has 0 saturated heterocycles. The van der Waals surface area contributed by atoms with Crippen molar-refractivity contribution in [2.45, 2.75) is 6.54 Å². The van der Waals surface area contributed by atoms with Crippen molar-refractivity contribution in [3.8, 4) is 0 Å². The number of thiophene rings is 1. The lowest BCUT2D eigenvalue weighted by Crippen LogP contribution is -2.20. The van der Waals surface area contributed by atoms with Gasteiger partial charge in [-0.2, -0.15) is 0 Å². The van der Waals surface area contributed by atoms with E-state index in [-0.39, 0.29) is 12.5 Å². The highest BCUT2D eigenvalue weighted by molar-refractivity contribution is 7.12. The lowest BCUT2D eigenvalue weighted by molar-refractivity contribution is -0.116. The third-order valence-corrected chi connectivity index (χ3v) is 3.92. The smallest absolute Gasteiger partial charge is 0.350 e. The van der Waals surface area contributed by atoms with Gasteiger partial charge in [0, 0.05) is 0 Å². The molecule has 0 atom stereocenters. The standard InChI is InChI=1S/C14H12N4O3S/c1-21-14(20)13-10(6-7-22-13)15-12(19)8-18-11-5-3-2-4-9(11)16-17-18/h2-7H,8H2,1H3,(H,15,19). The van der Waals surface area contributed by atoms with Gasteiger partial charge in [0.15, 0.2) is 0 Å². The van der Waals surface area contributed by atoms with Gasteiger partial charge in [-0.3, -0.25) is 4.79 Å². The zero-order valence-electron chi connectivity index (χ0n) is 11.6. The first-order valence-corrected chi connectivity index (χ1v) is 7.31. The number of hydrogen-bond acceptors (Lipinski definition) is 6. The zero-order chi connectivity index (χ0) is 15.5. The zero-order valence-corrected chi connectivity index (χ0v) is 12.5. The molecule has 0 saturated carbocycles. The average Bonchev–Trinajstić information content (AvgIpc) is 3.14. The third-order valence-electron chi connectivity index (χ3n) is 3.02. The number of carbonyl (C=O) groups excluding carboxylic acids is 2. The van der Waals surface area contributed by atoms with Crippen molar-refractivity contribution in [3.63, 3.8) is 0 Å². The normalized spacial score (nSPS) is 10.6. The van der Waals surface area contributed by atoms with Gasteiger partial charge >= 0.3 is 5.97 Å². The van der Waals surface area contributed by atoms with Crippen molar-refractivity contribution >= 4 is 39.9 Å². The molecule has 0 aliphatic rings. The molecular formula is C14H12N4O3S. The van der Waals surface area contributed by atoms with E-state index < -0.39 is 5.97 Å². The van der Waals surface area contributed by atoms with Crippen LogP contribution in [-0.2, 0) is 16.1 Å². The van der Waals surface area contributed by atoms with E-state index in [4.69, 9.17) is 0 Å². The first-order chi connectivity index (χ1) is 10.7. The second kappa shape index (κ2) is 5.94. The van der Waals surface area contributed by atoms with E-state index in [1.54, 1.807) is 11.4 Å². The van der Waals surface area contributed by atoms with Gasteiger partial charge in [-0.1, -0.05) is 17.3 Å². The van der Waals surface area contributed by atoms with Gasteiger partial charge in [0.1, 0.15) is 16.9 Å². The number of methoxy groups -OCH3 is 1. The quantitative estimate of drug-likeness (QED) is 0.743. The van der Waals surface area contributed by atoms with E-state index >= 15 is 0 Å². The Hall–Kier alpha value is -2.74. The fourth-order valence-electron chi connectivity index (χ4n) is 2.02. The number of hydrogen-bond donors (Lipinski definition) is 1. The number of para-hydroxylation sites is 1. The number of fused-ring (bicyclic) bond motifs is 1. The summed E-state index contributed by atoms with van der Waals surface area (Å²) < 4.78 is 6.18. The van der Waals surface area contributed by atoms with Crippen LogP contribution in [0.4, 0.5) is 5.69 Å². The Morgan fingerprint density at radius 1 is 1.32 bits per heavy atom.